The van der Waals surface area contributed by atoms with E-state index >= 15 is 0 Å². The standard InChI is InChI=1S/C26H25N5O/c1-18-6-7-19(2)21(11-18)16-31-25-12-20(22-13-28-30(3)15-22)8-9-24(25)29-26(31)17-32-23-5-4-10-27-14-23/h4-15H,16-17H2,1-3H3. The van der Waals surface area contributed by atoms with Gasteiger partial charge in [0.15, 0.2) is 0 Å². The lowest BCUT2D eigenvalue weighted by Gasteiger charge is -2.13. The zero-order valence-electron chi connectivity index (χ0n) is 18.5. The largest absolute Gasteiger partial charge is 0.484 e. The van der Waals surface area contributed by atoms with Crippen LogP contribution in [0.4, 0.5) is 0 Å². The Morgan fingerprint density at radius 1 is 0.969 bits per heavy atom. The summed E-state index contributed by atoms with van der Waals surface area (Å²) < 4.78 is 10.1. The molecule has 6 heteroatoms. The van der Waals surface area contributed by atoms with Gasteiger partial charge in [-0.15, -0.1) is 0 Å². The van der Waals surface area contributed by atoms with Crippen LogP contribution in [-0.2, 0) is 20.2 Å². The Morgan fingerprint density at radius 3 is 2.66 bits per heavy atom. The molecule has 0 aliphatic heterocycles. The van der Waals surface area contributed by atoms with Crippen LogP contribution in [0, 0.1) is 13.8 Å². The maximum absolute atomic E-state index is 6.01. The van der Waals surface area contributed by atoms with E-state index in [-0.39, 0.29) is 0 Å². The summed E-state index contributed by atoms with van der Waals surface area (Å²) in [6.45, 7) is 5.38. The number of rotatable bonds is 6. The van der Waals surface area contributed by atoms with E-state index in [9.17, 15) is 0 Å². The van der Waals surface area contributed by atoms with Gasteiger partial charge < -0.3 is 9.30 Å². The molecule has 160 valence electrons. The van der Waals surface area contributed by atoms with E-state index in [1.165, 1.54) is 16.7 Å². The van der Waals surface area contributed by atoms with Gasteiger partial charge in [0.05, 0.1) is 23.4 Å². The van der Waals surface area contributed by atoms with Gasteiger partial charge in [-0.3, -0.25) is 9.67 Å². The van der Waals surface area contributed by atoms with E-state index in [2.05, 4.69) is 64.9 Å². The second-order valence-electron chi connectivity index (χ2n) is 8.13. The minimum Gasteiger partial charge on any atom is -0.484 e. The maximum Gasteiger partial charge on any atom is 0.148 e. The fourth-order valence-corrected chi connectivity index (χ4v) is 3.93. The van der Waals surface area contributed by atoms with Crippen LogP contribution in [0.2, 0.25) is 0 Å². The second-order valence-corrected chi connectivity index (χ2v) is 8.13. The normalized spacial score (nSPS) is 11.2. The summed E-state index contributed by atoms with van der Waals surface area (Å²) in [6.07, 6.45) is 7.37. The first-order valence-electron chi connectivity index (χ1n) is 10.6. The second kappa shape index (κ2) is 8.30. The van der Waals surface area contributed by atoms with Crippen molar-refractivity contribution in [2.75, 3.05) is 0 Å². The summed E-state index contributed by atoms with van der Waals surface area (Å²) in [5, 5.41) is 4.32. The summed E-state index contributed by atoms with van der Waals surface area (Å²) in [5.41, 5.74) is 8.03. The molecule has 0 N–H and O–H groups in total. The summed E-state index contributed by atoms with van der Waals surface area (Å²) in [4.78, 5) is 9.05. The lowest BCUT2D eigenvalue weighted by molar-refractivity contribution is 0.290. The molecule has 2 aromatic carbocycles. The fourth-order valence-electron chi connectivity index (χ4n) is 3.93. The minimum absolute atomic E-state index is 0.369. The Bertz CT molecular complexity index is 1380. The summed E-state index contributed by atoms with van der Waals surface area (Å²) in [6, 6.07) is 16.7. The minimum atomic E-state index is 0.369. The van der Waals surface area contributed by atoms with Crippen molar-refractivity contribution in [3.05, 3.63) is 95.8 Å². The van der Waals surface area contributed by atoms with Gasteiger partial charge in [0, 0.05) is 31.5 Å². The zero-order valence-corrected chi connectivity index (χ0v) is 18.5. The summed E-state index contributed by atoms with van der Waals surface area (Å²) in [5.74, 6) is 1.61. The van der Waals surface area contributed by atoms with Crippen molar-refractivity contribution in [1.29, 1.82) is 0 Å². The van der Waals surface area contributed by atoms with Crippen molar-refractivity contribution in [2.24, 2.45) is 7.05 Å². The predicted molar refractivity (Wildman–Crippen MR) is 126 cm³/mol. The van der Waals surface area contributed by atoms with Crippen molar-refractivity contribution >= 4 is 11.0 Å². The molecule has 5 rings (SSSR count). The van der Waals surface area contributed by atoms with E-state index in [4.69, 9.17) is 9.72 Å². The number of nitrogens with zero attached hydrogens (tertiary/aromatic N) is 5. The van der Waals surface area contributed by atoms with Crippen LogP contribution in [0.15, 0.2) is 73.3 Å². The van der Waals surface area contributed by atoms with Crippen molar-refractivity contribution in [3.63, 3.8) is 0 Å². The highest BCUT2D eigenvalue weighted by Gasteiger charge is 2.15. The number of imidazole rings is 1. The Kier molecular flexibility index (Phi) is 5.19. The third-order valence-electron chi connectivity index (χ3n) is 5.70. The molecular weight excluding hydrogens is 398 g/mol. The molecule has 0 bridgehead atoms. The SMILES string of the molecule is Cc1ccc(C)c(Cn2c(COc3cccnc3)nc3ccc(-c4cnn(C)c4)cc32)c1. The number of fused-ring (bicyclic) bond motifs is 1. The first-order valence-corrected chi connectivity index (χ1v) is 10.6. The van der Waals surface area contributed by atoms with Crippen molar-refractivity contribution in [3.8, 4) is 16.9 Å². The molecule has 0 atom stereocenters. The smallest absolute Gasteiger partial charge is 0.148 e. The maximum atomic E-state index is 6.01. The Morgan fingerprint density at radius 2 is 1.88 bits per heavy atom. The first-order chi connectivity index (χ1) is 15.6. The molecule has 0 unspecified atom stereocenters. The molecule has 0 saturated heterocycles. The Hall–Kier alpha value is -3.93. The number of aromatic nitrogens is 5. The van der Waals surface area contributed by atoms with Crippen molar-refractivity contribution < 1.29 is 4.74 Å². The lowest BCUT2D eigenvalue weighted by Crippen LogP contribution is -2.09. The van der Waals surface area contributed by atoms with Gasteiger partial charge in [-0.05, 0) is 54.8 Å². The molecule has 0 saturated carbocycles. The zero-order chi connectivity index (χ0) is 22.1. The number of hydrogen-bond donors (Lipinski definition) is 0. The van der Waals surface area contributed by atoms with Gasteiger partial charge in [0.1, 0.15) is 18.2 Å². The molecule has 0 spiro atoms. The topological polar surface area (TPSA) is 57.8 Å². The average Bonchev–Trinajstić information content (AvgIpc) is 3.38. The van der Waals surface area contributed by atoms with Crippen LogP contribution >= 0.6 is 0 Å². The van der Waals surface area contributed by atoms with E-state index < -0.39 is 0 Å². The third kappa shape index (κ3) is 3.99. The van der Waals surface area contributed by atoms with E-state index in [1.54, 1.807) is 12.4 Å². The van der Waals surface area contributed by atoms with Crippen LogP contribution < -0.4 is 4.74 Å². The monoisotopic (exact) mass is 423 g/mol. The molecule has 3 heterocycles. The van der Waals surface area contributed by atoms with Crippen molar-refractivity contribution in [1.82, 2.24) is 24.3 Å². The molecule has 0 radical (unpaired) electrons. The highest BCUT2D eigenvalue weighted by molar-refractivity contribution is 5.82. The summed E-state index contributed by atoms with van der Waals surface area (Å²) in [7, 11) is 1.93. The molecule has 6 nitrogen and oxygen atoms in total. The third-order valence-corrected chi connectivity index (χ3v) is 5.70. The van der Waals surface area contributed by atoms with Crippen LogP contribution in [0.3, 0.4) is 0 Å². The number of benzene rings is 2. The molecule has 0 aliphatic carbocycles. The van der Waals surface area contributed by atoms with Crippen LogP contribution in [0.25, 0.3) is 22.2 Å². The Labute approximate surface area is 187 Å². The molecule has 32 heavy (non-hydrogen) atoms. The van der Waals surface area contributed by atoms with Gasteiger partial charge in [0.2, 0.25) is 0 Å². The van der Waals surface area contributed by atoms with E-state index in [0.717, 1.165) is 40.3 Å². The fraction of sp³-hybridized carbons (Fsp3) is 0.192. The summed E-state index contributed by atoms with van der Waals surface area (Å²) >= 11 is 0. The molecule has 5 aromatic rings. The average molecular weight is 424 g/mol. The lowest BCUT2D eigenvalue weighted by atomic mass is 10.1. The van der Waals surface area contributed by atoms with Gasteiger partial charge in [-0.1, -0.05) is 29.8 Å². The van der Waals surface area contributed by atoms with Gasteiger partial charge in [-0.2, -0.15) is 5.10 Å². The van der Waals surface area contributed by atoms with Crippen molar-refractivity contribution in [2.45, 2.75) is 27.0 Å². The Balaban J connectivity index is 1.59. The van der Waals surface area contributed by atoms with Crippen LogP contribution in [0.1, 0.15) is 22.5 Å². The molecule has 0 fully saturated rings. The molecule has 3 aromatic heterocycles. The molecular formula is C26H25N5O. The predicted octanol–water partition coefficient (Wildman–Crippen LogP) is 5.08. The number of pyridine rings is 1. The van der Waals surface area contributed by atoms with Gasteiger partial charge in [-0.25, -0.2) is 4.98 Å². The number of aryl methyl sites for hydroxylation is 3. The highest BCUT2D eigenvalue weighted by atomic mass is 16.5. The molecule has 0 amide bonds. The first kappa shape index (κ1) is 20.0. The van der Waals surface area contributed by atoms with E-state index in [0.29, 0.717) is 6.61 Å². The van der Waals surface area contributed by atoms with Gasteiger partial charge >= 0.3 is 0 Å². The van der Waals surface area contributed by atoms with Crippen LogP contribution in [-0.4, -0.2) is 24.3 Å². The number of hydrogen-bond acceptors (Lipinski definition) is 4. The van der Waals surface area contributed by atoms with Gasteiger partial charge in [0.25, 0.3) is 0 Å². The highest BCUT2D eigenvalue weighted by Crippen LogP contribution is 2.27. The number of ether oxygens (including phenoxy) is 1. The van der Waals surface area contributed by atoms with E-state index in [1.807, 2.05) is 36.3 Å². The van der Waals surface area contributed by atoms with Crippen LogP contribution in [0.5, 0.6) is 5.75 Å². The quantitative estimate of drug-likeness (QED) is 0.382. The molecule has 0 aliphatic rings.